The van der Waals surface area contributed by atoms with Crippen LogP contribution >= 0.6 is 0 Å². The molecule has 2 amide bonds. The molecule has 0 unspecified atom stereocenters. The van der Waals surface area contributed by atoms with E-state index in [1.807, 2.05) is 58.0 Å². The summed E-state index contributed by atoms with van der Waals surface area (Å²) in [5.41, 5.74) is 2.18. The third-order valence-electron chi connectivity index (χ3n) is 3.76. The Balaban J connectivity index is 1.97. The molecule has 0 spiro atoms. The van der Waals surface area contributed by atoms with Crippen LogP contribution in [0.25, 0.3) is 5.52 Å². The van der Waals surface area contributed by atoms with E-state index in [-0.39, 0.29) is 23.3 Å². The van der Waals surface area contributed by atoms with Crippen molar-refractivity contribution >= 4 is 23.0 Å². The normalized spacial score (nSPS) is 11.4. The summed E-state index contributed by atoms with van der Waals surface area (Å²) in [5.74, 6) is -0.495. The molecule has 6 heteroatoms. The van der Waals surface area contributed by atoms with Crippen LogP contribution in [-0.2, 0) is 0 Å². The molecule has 2 heterocycles. The van der Waals surface area contributed by atoms with Crippen LogP contribution in [0.5, 0.6) is 0 Å². The number of rotatable bonds is 3. The summed E-state index contributed by atoms with van der Waals surface area (Å²) in [4.78, 5) is 29.6. The number of hydrogen-bond acceptors (Lipinski definition) is 3. The van der Waals surface area contributed by atoms with Crippen molar-refractivity contribution in [1.29, 1.82) is 0 Å². The zero-order valence-electron chi connectivity index (χ0n) is 15.3. The zero-order chi connectivity index (χ0) is 18.9. The first-order valence-corrected chi connectivity index (χ1v) is 8.42. The average molecular weight is 350 g/mol. The van der Waals surface area contributed by atoms with Gasteiger partial charge in [-0.3, -0.25) is 14.0 Å². The maximum absolute atomic E-state index is 12.7. The lowest BCUT2D eigenvalue weighted by Gasteiger charge is -2.19. The monoisotopic (exact) mass is 350 g/mol. The number of hydrogen-bond donors (Lipinski definition) is 2. The molecule has 0 saturated heterocycles. The van der Waals surface area contributed by atoms with Crippen LogP contribution in [0.3, 0.4) is 0 Å². The van der Waals surface area contributed by atoms with Gasteiger partial charge in [0.1, 0.15) is 0 Å². The van der Waals surface area contributed by atoms with Gasteiger partial charge in [0.25, 0.3) is 11.8 Å². The first kappa shape index (κ1) is 17.7. The van der Waals surface area contributed by atoms with E-state index in [1.165, 1.54) is 0 Å². The maximum atomic E-state index is 12.7. The number of carbonyl (C=O) groups excluding carboxylic acids is 2. The third-order valence-corrected chi connectivity index (χ3v) is 3.76. The molecule has 2 N–H and O–H groups in total. The van der Waals surface area contributed by atoms with Crippen LogP contribution in [0.1, 0.15) is 47.4 Å². The minimum absolute atomic E-state index is 0.185. The second-order valence-electron chi connectivity index (χ2n) is 7.26. The fourth-order valence-corrected chi connectivity index (χ4v) is 2.59. The molecule has 134 valence electrons. The zero-order valence-corrected chi connectivity index (χ0v) is 15.3. The van der Waals surface area contributed by atoms with E-state index >= 15 is 0 Å². The smallest absolute Gasteiger partial charge is 0.288 e. The van der Waals surface area contributed by atoms with Gasteiger partial charge in [-0.1, -0.05) is 23.8 Å². The molecule has 0 aliphatic rings. The van der Waals surface area contributed by atoms with Gasteiger partial charge in [-0.15, -0.1) is 0 Å². The summed E-state index contributed by atoms with van der Waals surface area (Å²) >= 11 is 0. The minimum Gasteiger partial charge on any atom is -0.345 e. The van der Waals surface area contributed by atoms with Gasteiger partial charge in [-0.25, -0.2) is 4.98 Å². The van der Waals surface area contributed by atoms with Gasteiger partial charge in [-0.05, 0) is 52.0 Å². The minimum atomic E-state index is -0.401. The van der Waals surface area contributed by atoms with Gasteiger partial charge in [0.05, 0.1) is 5.52 Å². The highest BCUT2D eigenvalue weighted by molar-refractivity contribution is 6.09. The molecule has 1 aromatic carbocycles. The van der Waals surface area contributed by atoms with E-state index in [9.17, 15) is 9.59 Å². The predicted octanol–water partition coefficient (Wildman–Crippen LogP) is 3.42. The summed E-state index contributed by atoms with van der Waals surface area (Å²) in [5, 5.41) is 5.71. The third kappa shape index (κ3) is 3.74. The molecule has 0 aliphatic carbocycles. The fourth-order valence-electron chi connectivity index (χ4n) is 2.59. The Kier molecular flexibility index (Phi) is 4.50. The lowest BCUT2D eigenvalue weighted by atomic mass is 10.1. The van der Waals surface area contributed by atoms with E-state index in [2.05, 4.69) is 15.6 Å². The van der Waals surface area contributed by atoms with Crippen LogP contribution in [0, 0.1) is 6.92 Å². The van der Waals surface area contributed by atoms with Crippen molar-refractivity contribution in [2.45, 2.75) is 33.2 Å². The second kappa shape index (κ2) is 6.63. The first-order chi connectivity index (χ1) is 12.2. The van der Waals surface area contributed by atoms with Gasteiger partial charge in [0.2, 0.25) is 5.82 Å². The van der Waals surface area contributed by atoms with E-state index in [0.717, 1.165) is 5.56 Å². The summed E-state index contributed by atoms with van der Waals surface area (Å²) in [6.07, 6.45) is 1.72. The molecule has 6 nitrogen and oxygen atoms in total. The highest BCUT2D eigenvalue weighted by atomic mass is 16.2. The largest absolute Gasteiger partial charge is 0.345 e. The van der Waals surface area contributed by atoms with Gasteiger partial charge in [-0.2, -0.15) is 0 Å². The Hall–Kier alpha value is -3.15. The van der Waals surface area contributed by atoms with Crippen molar-refractivity contribution in [3.63, 3.8) is 0 Å². The molecule has 0 bridgehead atoms. The molecule has 3 rings (SSSR count). The first-order valence-electron chi connectivity index (χ1n) is 8.42. The number of pyridine rings is 1. The number of fused-ring (bicyclic) bond motifs is 1. The quantitative estimate of drug-likeness (QED) is 0.760. The fraction of sp³-hybridized carbons (Fsp3) is 0.250. The molecule has 3 aromatic rings. The molecule has 0 saturated carbocycles. The molecule has 26 heavy (non-hydrogen) atoms. The van der Waals surface area contributed by atoms with E-state index in [4.69, 9.17) is 0 Å². The van der Waals surface area contributed by atoms with Crippen molar-refractivity contribution in [2.75, 3.05) is 5.32 Å². The van der Waals surface area contributed by atoms with Gasteiger partial charge >= 0.3 is 0 Å². The molecule has 0 fully saturated rings. The van der Waals surface area contributed by atoms with E-state index in [1.54, 1.807) is 22.7 Å². The van der Waals surface area contributed by atoms with Crippen molar-refractivity contribution in [1.82, 2.24) is 14.7 Å². The van der Waals surface area contributed by atoms with Crippen molar-refractivity contribution in [3.05, 3.63) is 65.7 Å². The lowest BCUT2D eigenvalue weighted by Crippen LogP contribution is -2.41. The van der Waals surface area contributed by atoms with Crippen LogP contribution in [0.15, 0.2) is 48.7 Å². The number of aromatic nitrogens is 2. The number of aryl methyl sites for hydroxylation is 1. The number of anilines is 1. The Labute approximate surface area is 152 Å². The average Bonchev–Trinajstić information content (AvgIpc) is 2.95. The summed E-state index contributed by atoms with van der Waals surface area (Å²) in [6.45, 7) is 7.66. The summed E-state index contributed by atoms with van der Waals surface area (Å²) in [6, 6.07) is 12.9. The number of imidazole rings is 1. The maximum Gasteiger partial charge on any atom is 0.288 e. The molecule has 2 aromatic heterocycles. The van der Waals surface area contributed by atoms with Crippen LogP contribution in [0.4, 0.5) is 5.69 Å². The molecule has 0 atom stereocenters. The SMILES string of the molecule is Cc1ccc(NC(=O)c2nc(C(=O)NC(C)(C)C)n3ccccc23)cc1. The van der Waals surface area contributed by atoms with Crippen LogP contribution in [-0.4, -0.2) is 26.7 Å². The number of benzene rings is 1. The van der Waals surface area contributed by atoms with Crippen molar-refractivity contribution in [2.24, 2.45) is 0 Å². The van der Waals surface area contributed by atoms with E-state index < -0.39 is 5.54 Å². The number of nitrogens with zero attached hydrogens (tertiary/aromatic N) is 2. The molecule has 0 radical (unpaired) electrons. The van der Waals surface area contributed by atoms with Crippen LogP contribution < -0.4 is 10.6 Å². The predicted molar refractivity (Wildman–Crippen MR) is 102 cm³/mol. The summed E-state index contributed by atoms with van der Waals surface area (Å²) in [7, 11) is 0. The number of amides is 2. The van der Waals surface area contributed by atoms with Gasteiger partial charge in [0.15, 0.2) is 5.69 Å². The summed E-state index contributed by atoms with van der Waals surface area (Å²) < 4.78 is 1.63. The Bertz CT molecular complexity index is 966. The Morgan fingerprint density at radius 3 is 2.35 bits per heavy atom. The lowest BCUT2D eigenvalue weighted by molar-refractivity contribution is 0.0908. The van der Waals surface area contributed by atoms with E-state index in [0.29, 0.717) is 11.2 Å². The highest BCUT2D eigenvalue weighted by Crippen LogP contribution is 2.17. The Morgan fingerprint density at radius 1 is 1.00 bits per heavy atom. The Morgan fingerprint density at radius 2 is 1.69 bits per heavy atom. The van der Waals surface area contributed by atoms with Crippen molar-refractivity contribution < 1.29 is 9.59 Å². The topological polar surface area (TPSA) is 75.5 Å². The molecular formula is C20H22N4O2. The molecule has 0 aliphatic heterocycles. The second-order valence-corrected chi connectivity index (χ2v) is 7.26. The molecular weight excluding hydrogens is 328 g/mol. The standard InChI is InChI=1S/C20H22N4O2/c1-13-8-10-14(11-9-13)21-18(25)16-15-7-5-6-12-24(15)17(22-16)19(26)23-20(2,3)4/h5-12H,1-4H3,(H,21,25)(H,23,26). The number of carbonyl (C=O) groups is 2. The van der Waals surface area contributed by atoms with Crippen LogP contribution in [0.2, 0.25) is 0 Å². The number of nitrogens with one attached hydrogen (secondary N) is 2. The van der Waals surface area contributed by atoms with Crippen molar-refractivity contribution in [3.8, 4) is 0 Å². The highest BCUT2D eigenvalue weighted by Gasteiger charge is 2.24. The van der Waals surface area contributed by atoms with Gasteiger partial charge < -0.3 is 10.6 Å². The van der Waals surface area contributed by atoms with Gasteiger partial charge in [0, 0.05) is 17.4 Å².